The number of hydrogen-bond donors (Lipinski definition) is 2. The van der Waals surface area contributed by atoms with Crippen LogP contribution < -0.4 is 5.73 Å². The molecule has 0 saturated carbocycles. The van der Waals surface area contributed by atoms with Gasteiger partial charge in [-0.05, 0) is 18.9 Å². The molecule has 0 aliphatic heterocycles. The minimum absolute atomic E-state index is 0.639. The van der Waals surface area contributed by atoms with Crippen LogP contribution in [0.4, 0.5) is 5.13 Å². The topological polar surface area (TPSA) is 80.5 Å². The lowest BCUT2D eigenvalue weighted by Gasteiger charge is -1.95. The first-order valence-electron chi connectivity index (χ1n) is 5.80. The van der Waals surface area contributed by atoms with E-state index < -0.39 is 0 Å². The highest BCUT2D eigenvalue weighted by Crippen LogP contribution is 2.14. The summed E-state index contributed by atoms with van der Waals surface area (Å²) in [6.07, 6.45) is 6.41. The summed E-state index contributed by atoms with van der Waals surface area (Å²) in [4.78, 5) is 16.1. The molecular weight excluding hydrogens is 246 g/mol. The molecule has 18 heavy (non-hydrogen) atoms. The Bertz CT molecular complexity index is 624. The Labute approximate surface area is 108 Å². The molecule has 0 atom stereocenters. The summed E-state index contributed by atoms with van der Waals surface area (Å²) < 4.78 is 0. The van der Waals surface area contributed by atoms with Crippen molar-refractivity contribution in [2.75, 3.05) is 5.73 Å². The molecule has 5 nitrogen and oxygen atoms in total. The quantitative estimate of drug-likeness (QED) is 0.752. The van der Waals surface area contributed by atoms with Crippen LogP contribution in [0.15, 0.2) is 23.8 Å². The van der Waals surface area contributed by atoms with Crippen molar-refractivity contribution in [3.63, 3.8) is 0 Å². The smallest absolute Gasteiger partial charge is 0.180 e. The lowest BCUT2D eigenvalue weighted by Crippen LogP contribution is -1.93. The van der Waals surface area contributed by atoms with Crippen molar-refractivity contribution < 1.29 is 0 Å². The van der Waals surface area contributed by atoms with Crippen molar-refractivity contribution in [2.24, 2.45) is 0 Å². The SMILES string of the molecule is Nc1nc(CCCc2nc3ccncc3[nH]2)cs1. The van der Waals surface area contributed by atoms with Gasteiger partial charge in [0.1, 0.15) is 5.82 Å². The minimum Gasteiger partial charge on any atom is -0.375 e. The molecule has 0 aliphatic carbocycles. The summed E-state index contributed by atoms with van der Waals surface area (Å²) in [5, 5.41) is 2.65. The van der Waals surface area contributed by atoms with E-state index in [0.29, 0.717) is 5.13 Å². The van der Waals surface area contributed by atoms with Crippen LogP contribution in [0.25, 0.3) is 11.0 Å². The number of H-pyrrole nitrogens is 1. The lowest BCUT2D eigenvalue weighted by molar-refractivity contribution is 0.774. The second-order valence-electron chi connectivity index (χ2n) is 4.11. The number of fused-ring (bicyclic) bond motifs is 1. The number of anilines is 1. The van der Waals surface area contributed by atoms with Crippen LogP contribution in [-0.2, 0) is 12.8 Å². The molecule has 3 aromatic rings. The fraction of sp³-hybridized carbons (Fsp3) is 0.250. The number of thiazole rings is 1. The Morgan fingerprint density at radius 3 is 3.00 bits per heavy atom. The highest BCUT2D eigenvalue weighted by molar-refractivity contribution is 7.13. The van der Waals surface area contributed by atoms with Crippen molar-refractivity contribution in [3.8, 4) is 0 Å². The fourth-order valence-corrected chi connectivity index (χ4v) is 2.50. The van der Waals surface area contributed by atoms with Gasteiger partial charge in [0.25, 0.3) is 0 Å². The summed E-state index contributed by atoms with van der Waals surface area (Å²) in [5.74, 6) is 1.00. The number of pyridine rings is 1. The summed E-state index contributed by atoms with van der Waals surface area (Å²) in [7, 11) is 0. The van der Waals surface area contributed by atoms with Crippen molar-refractivity contribution >= 4 is 27.5 Å². The number of hydrogen-bond acceptors (Lipinski definition) is 5. The van der Waals surface area contributed by atoms with E-state index >= 15 is 0 Å². The van der Waals surface area contributed by atoms with Crippen molar-refractivity contribution in [1.82, 2.24) is 19.9 Å². The number of rotatable bonds is 4. The number of imidazole rings is 1. The summed E-state index contributed by atoms with van der Waals surface area (Å²) in [6, 6.07) is 1.91. The van der Waals surface area contributed by atoms with Crippen LogP contribution in [0.2, 0.25) is 0 Å². The first-order valence-corrected chi connectivity index (χ1v) is 6.68. The molecule has 3 heterocycles. The normalized spacial score (nSPS) is 11.1. The molecular formula is C12H13N5S. The second kappa shape index (κ2) is 4.73. The first-order chi connectivity index (χ1) is 8.81. The third-order valence-corrected chi connectivity index (χ3v) is 3.47. The Morgan fingerprint density at radius 2 is 2.22 bits per heavy atom. The summed E-state index contributed by atoms with van der Waals surface area (Å²) in [5.41, 5.74) is 8.62. The zero-order valence-electron chi connectivity index (χ0n) is 9.76. The van der Waals surface area contributed by atoms with Crippen LogP contribution in [-0.4, -0.2) is 19.9 Å². The maximum Gasteiger partial charge on any atom is 0.180 e. The minimum atomic E-state index is 0.639. The highest BCUT2D eigenvalue weighted by Gasteiger charge is 2.03. The number of nitrogens with zero attached hydrogens (tertiary/aromatic N) is 3. The van der Waals surface area contributed by atoms with Gasteiger partial charge < -0.3 is 10.7 Å². The average molecular weight is 259 g/mol. The van der Waals surface area contributed by atoms with Gasteiger partial charge in [0.05, 0.1) is 22.9 Å². The molecule has 0 unspecified atom stereocenters. The van der Waals surface area contributed by atoms with Gasteiger partial charge in [0.15, 0.2) is 5.13 Å². The van der Waals surface area contributed by atoms with Crippen LogP contribution in [0.1, 0.15) is 17.9 Å². The number of nitrogens with two attached hydrogens (primary N) is 1. The molecule has 0 amide bonds. The van der Waals surface area contributed by atoms with Gasteiger partial charge >= 0.3 is 0 Å². The molecule has 0 radical (unpaired) electrons. The summed E-state index contributed by atoms with van der Waals surface area (Å²) >= 11 is 1.49. The van der Waals surface area contributed by atoms with Gasteiger partial charge in [0, 0.05) is 18.0 Å². The van der Waals surface area contributed by atoms with Crippen LogP contribution >= 0.6 is 11.3 Å². The van der Waals surface area contributed by atoms with E-state index in [9.17, 15) is 0 Å². The van der Waals surface area contributed by atoms with Crippen molar-refractivity contribution in [3.05, 3.63) is 35.4 Å². The molecule has 3 N–H and O–H groups in total. The standard InChI is InChI=1S/C12H13N5S/c13-12-15-8(7-18-12)2-1-3-11-16-9-4-5-14-6-10(9)17-11/h4-7H,1-3H2,(H2,13,15)(H,16,17). The number of nitrogen functional groups attached to an aromatic ring is 1. The summed E-state index contributed by atoms with van der Waals surface area (Å²) in [6.45, 7) is 0. The average Bonchev–Trinajstić information content (AvgIpc) is 2.95. The maximum atomic E-state index is 5.59. The van der Waals surface area contributed by atoms with Crippen molar-refractivity contribution in [2.45, 2.75) is 19.3 Å². The maximum absolute atomic E-state index is 5.59. The van der Waals surface area contributed by atoms with Crippen molar-refractivity contribution in [1.29, 1.82) is 0 Å². The molecule has 0 spiro atoms. The molecule has 6 heteroatoms. The molecule has 0 fully saturated rings. The third-order valence-electron chi connectivity index (χ3n) is 2.75. The van der Waals surface area contributed by atoms with Gasteiger partial charge in [0.2, 0.25) is 0 Å². The van der Waals surface area contributed by atoms with E-state index in [1.54, 1.807) is 12.4 Å². The second-order valence-corrected chi connectivity index (χ2v) is 5.00. The molecule has 0 saturated heterocycles. The number of aromatic amines is 1. The molecule has 3 aromatic heterocycles. The largest absolute Gasteiger partial charge is 0.375 e. The predicted octanol–water partition coefficient (Wildman–Crippen LogP) is 2.17. The Balaban J connectivity index is 1.62. The number of nitrogens with one attached hydrogen (secondary N) is 1. The van der Waals surface area contributed by atoms with E-state index in [1.165, 1.54) is 11.3 Å². The zero-order valence-corrected chi connectivity index (χ0v) is 10.6. The molecule has 92 valence electrons. The van der Waals surface area contributed by atoms with Crippen LogP contribution in [0, 0.1) is 0 Å². The van der Waals surface area contributed by atoms with E-state index in [4.69, 9.17) is 5.73 Å². The van der Waals surface area contributed by atoms with Gasteiger partial charge in [-0.25, -0.2) is 9.97 Å². The zero-order chi connectivity index (χ0) is 12.4. The highest BCUT2D eigenvalue weighted by atomic mass is 32.1. The van der Waals surface area contributed by atoms with Gasteiger partial charge in [-0.15, -0.1) is 11.3 Å². The van der Waals surface area contributed by atoms with E-state index in [1.807, 2.05) is 11.4 Å². The van der Waals surface area contributed by atoms with Gasteiger partial charge in [-0.3, -0.25) is 4.98 Å². The lowest BCUT2D eigenvalue weighted by atomic mass is 10.2. The molecule has 0 aromatic carbocycles. The van der Waals surface area contributed by atoms with E-state index in [0.717, 1.165) is 41.8 Å². The van der Waals surface area contributed by atoms with E-state index in [2.05, 4.69) is 19.9 Å². The van der Waals surface area contributed by atoms with Gasteiger partial charge in [-0.1, -0.05) is 0 Å². The van der Waals surface area contributed by atoms with Crippen LogP contribution in [0.5, 0.6) is 0 Å². The molecule has 3 rings (SSSR count). The molecule has 0 bridgehead atoms. The third kappa shape index (κ3) is 2.33. The Morgan fingerprint density at radius 1 is 1.28 bits per heavy atom. The fourth-order valence-electron chi connectivity index (χ4n) is 1.90. The monoisotopic (exact) mass is 259 g/mol. The number of aromatic nitrogens is 4. The van der Waals surface area contributed by atoms with Crippen LogP contribution in [0.3, 0.4) is 0 Å². The number of aryl methyl sites for hydroxylation is 2. The van der Waals surface area contributed by atoms with E-state index in [-0.39, 0.29) is 0 Å². The van der Waals surface area contributed by atoms with Gasteiger partial charge in [-0.2, -0.15) is 0 Å². The molecule has 0 aliphatic rings. The first kappa shape index (κ1) is 11.2. The Hall–Kier alpha value is -1.95. The Kier molecular flexibility index (Phi) is 2.93. The predicted molar refractivity (Wildman–Crippen MR) is 72.4 cm³/mol.